The summed E-state index contributed by atoms with van der Waals surface area (Å²) < 4.78 is 22.2. The van der Waals surface area contributed by atoms with Crippen LogP contribution in [0.5, 0.6) is 0 Å². The summed E-state index contributed by atoms with van der Waals surface area (Å²) in [6.45, 7) is 3.34. The van der Waals surface area contributed by atoms with Gasteiger partial charge in [-0.2, -0.15) is 0 Å². The zero-order valence-corrected chi connectivity index (χ0v) is 36.5. The fourth-order valence-electron chi connectivity index (χ4n) is 6.70. The minimum absolute atomic E-state index is 0.221. The van der Waals surface area contributed by atoms with Crippen molar-refractivity contribution in [3.05, 3.63) is 48.6 Å². The van der Waals surface area contributed by atoms with Gasteiger partial charge in [-0.15, -0.1) is 0 Å². The first-order chi connectivity index (χ1) is 28.3. The first-order valence-electron chi connectivity index (χ1n) is 23.2. The normalized spacial score (nSPS) is 20.6. The van der Waals surface area contributed by atoms with Crippen molar-refractivity contribution in [2.24, 2.45) is 0 Å². The highest BCUT2D eigenvalue weighted by Crippen LogP contribution is 2.22. The van der Waals surface area contributed by atoms with E-state index in [2.05, 4.69) is 62.5 Å². The van der Waals surface area contributed by atoms with E-state index in [0.29, 0.717) is 12.8 Å². The molecule has 1 heterocycles. The van der Waals surface area contributed by atoms with E-state index in [1.165, 1.54) is 70.6 Å². The van der Waals surface area contributed by atoms with E-state index in [4.69, 9.17) is 18.9 Å². The number of allylic oxidation sites excluding steroid dienone is 8. The standard InChI is InChI=1S/C48H84O10/c1-3-5-7-9-11-13-15-17-19-20-21-22-23-25-27-29-31-33-35-37-44(51)57-41(40-56-48-47(54)46(53)45(52)42(38-49)58-48)39-55-43(50)36-34-32-30-28-26-24-18-16-14-12-10-8-6-4-2/h10-13,16-19,41-42,45-49,52-54H,3-9,14-15,20-40H2,1-2H3/b12-10-,13-11-,18-16-,19-17-. The van der Waals surface area contributed by atoms with Crippen molar-refractivity contribution in [3.8, 4) is 0 Å². The van der Waals surface area contributed by atoms with Crippen LogP contribution in [0.25, 0.3) is 0 Å². The Hall–Kier alpha value is -2.34. The molecule has 6 unspecified atom stereocenters. The second-order valence-electron chi connectivity index (χ2n) is 15.8. The molecule has 0 amide bonds. The lowest BCUT2D eigenvalue weighted by molar-refractivity contribution is -0.305. The molecule has 1 aliphatic rings. The van der Waals surface area contributed by atoms with Gasteiger partial charge in [0, 0.05) is 12.8 Å². The molecule has 0 aromatic carbocycles. The third-order valence-electron chi connectivity index (χ3n) is 10.4. The molecule has 0 aliphatic carbocycles. The van der Waals surface area contributed by atoms with Crippen molar-refractivity contribution in [1.82, 2.24) is 0 Å². The number of hydrogen-bond acceptors (Lipinski definition) is 10. The molecule has 1 saturated heterocycles. The molecule has 336 valence electrons. The van der Waals surface area contributed by atoms with Gasteiger partial charge in [-0.3, -0.25) is 9.59 Å². The first-order valence-corrected chi connectivity index (χ1v) is 23.2. The van der Waals surface area contributed by atoms with E-state index in [1.54, 1.807) is 0 Å². The molecule has 4 N–H and O–H groups in total. The van der Waals surface area contributed by atoms with Crippen LogP contribution in [0.3, 0.4) is 0 Å². The maximum Gasteiger partial charge on any atom is 0.306 e. The van der Waals surface area contributed by atoms with Gasteiger partial charge in [-0.05, 0) is 70.6 Å². The van der Waals surface area contributed by atoms with Crippen LogP contribution >= 0.6 is 0 Å². The molecule has 58 heavy (non-hydrogen) atoms. The van der Waals surface area contributed by atoms with Crippen LogP contribution in [0.15, 0.2) is 48.6 Å². The molecule has 0 spiro atoms. The van der Waals surface area contributed by atoms with E-state index in [0.717, 1.165) is 77.0 Å². The molecule has 0 aromatic rings. The summed E-state index contributed by atoms with van der Waals surface area (Å²) in [6.07, 6.45) is 38.2. The third-order valence-corrected chi connectivity index (χ3v) is 10.4. The Morgan fingerprint density at radius 1 is 0.534 bits per heavy atom. The Balaban J connectivity index is 2.32. The molecule has 0 aromatic heterocycles. The SMILES string of the molecule is CCCC/C=C\C/C=C\CCCCCCCC(=O)OCC(COC1OC(CO)C(O)C(O)C1O)OC(=O)CCCCCCCCCCC/C=C\C/C=C\CCCCC. The Labute approximate surface area is 352 Å². The van der Waals surface area contributed by atoms with E-state index >= 15 is 0 Å². The minimum atomic E-state index is -1.60. The van der Waals surface area contributed by atoms with Gasteiger partial charge in [0.15, 0.2) is 12.4 Å². The molecule has 6 atom stereocenters. The van der Waals surface area contributed by atoms with Crippen LogP contribution in [0, 0.1) is 0 Å². The number of rotatable bonds is 38. The molecule has 0 radical (unpaired) electrons. The maximum atomic E-state index is 12.8. The molecule has 10 nitrogen and oxygen atoms in total. The van der Waals surface area contributed by atoms with E-state index < -0.39 is 55.4 Å². The predicted molar refractivity (Wildman–Crippen MR) is 233 cm³/mol. The summed E-state index contributed by atoms with van der Waals surface area (Å²) in [5.41, 5.74) is 0. The second kappa shape index (κ2) is 38.8. The summed E-state index contributed by atoms with van der Waals surface area (Å²) in [6, 6.07) is 0. The Morgan fingerprint density at radius 2 is 0.983 bits per heavy atom. The average Bonchev–Trinajstić information content (AvgIpc) is 3.22. The lowest BCUT2D eigenvalue weighted by Crippen LogP contribution is -2.59. The van der Waals surface area contributed by atoms with Crippen LogP contribution in [0.2, 0.25) is 0 Å². The van der Waals surface area contributed by atoms with Gasteiger partial charge >= 0.3 is 11.9 Å². The second-order valence-corrected chi connectivity index (χ2v) is 15.8. The maximum absolute atomic E-state index is 12.8. The van der Waals surface area contributed by atoms with Gasteiger partial charge in [0.1, 0.15) is 31.0 Å². The van der Waals surface area contributed by atoms with Crippen LogP contribution in [0.4, 0.5) is 0 Å². The highest BCUT2D eigenvalue weighted by molar-refractivity contribution is 5.70. The topological polar surface area (TPSA) is 152 Å². The lowest BCUT2D eigenvalue weighted by Gasteiger charge is -2.39. The Bertz CT molecular complexity index is 1090. The zero-order chi connectivity index (χ0) is 42.3. The quantitative estimate of drug-likeness (QED) is 0.0269. The van der Waals surface area contributed by atoms with Gasteiger partial charge in [0.2, 0.25) is 0 Å². The molecular weight excluding hydrogens is 737 g/mol. The predicted octanol–water partition coefficient (Wildman–Crippen LogP) is 10.1. The van der Waals surface area contributed by atoms with Gasteiger partial charge in [-0.1, -0.05) is 152 Å². The van der Waals surface area contributed by atoms with Crippen LogP contribution in [0.1, 0.15) is 187 Å². The number of esters is 2. The smallest absolute Gasteiger partial charge is 0.306 e. The Kier molecular flexibility index (Phi) is 35.9. The van der Waals surface area contributed by atoms with Gasteiger partial charge in [0.05, 0.1) is 13.2 Å². The fourth-order valence-corrected chi connectivity index (χ4v) is 6.70. The van der Waals surface area contributed by atoms with Crippen molar-refractivity contribution in [2.75, 3.05) is 19.8 Å². The number of unbranched alkanes of at least 4 members (excludes halogenated alkanes) is 19. The van der Waals surface area contributed by atoms with Gasteiger partial charge < -0.3 is 39.4 Å². The lowest BCUT2D eigenvalue weighted by atomic mass is 9.99. The van der Waals surface area contributed by atoms with E-state index in [-0.39, 0.29) is 26.1 Å². The first kappa shape index (κ1) is 53.7. The van der Waals surface area contributed by atoms with Crippen molar-refractivity contribution >= 4 is 11.9 Å². The molecule has 10 heteroatoms. The molecule has 1 rings (SSSR count). The minimum Gasteiger partial charge on any atom is -0.462 e. The van der Waals surface area contributed by atoms with Gasteiger partial charge in [0.25, 0.3) is 0 Å². The number of hydrogen-bond donors (Lipinski definition) is 4. The van der Waals surface area contributed by atoms with Gasteiger partial charge in [-0.25, -0.2) is 0 Å². The van der Waals surface area contributed by atoms with Crippen molar-refractivity contribution in [3.63, 3.8) is 0 Å². The molecule has 0 saturated carbocycles. The number of aliphatic hydroxyl groups is 4. The number of ether oxygens (including phenoxy) is 4. The van der Waals surface area contributed by atoms with Crippen LogP contribution < -0.4 is 0 Å². The monoisotopic (exact) mass is 821 g/mol. The third kappa shape index (κ3) is 29.8. The summed E-state index contributed by atoms with van der Waals surface area (Å²) in [5, 5.41) is 40.1. The number of carbonyl (C=O) groups is 2. The van der Waals surface area contributed by atoms with Crippen molar-refractivity contribution in [2.45, 2.75) is 224 Å². The average molecular weight is 821 g/mol. The summed E-state index contributed by atoms with van der Waals surface area (Å²) in [7, 11) is 0. The molecule has 1 fully saturated rings. The number of aliphatic hydroxyl groups excluding tert-OH is 4. The fraction of sp³-hybridized carbons (Fsp3) is 0.792. The molecule has 1 aliphatic heterocycles. The van der Waals surface area contributed by atoms with Crippen LogP contribution in [-0.2, 0) is 28.5 Å². The molecular formula is C48H84O10. The molecule has 0 bridgehead atoms. The largest absolute Gasteiger partial charge is 0.462 e. The highest BCUT2D eigenvalue weighted by Gasteiger charge is 2.44. The van der Waals surface area contributed by atoms with E-state index in [1.807, 2.05) is 0 Å². The van der Waals surface area contributed by atoms with E-state index in [9.17, 15) is 30.0 Å². The summed E-state index contributed by atoms with van der Waals surface area (Å²) in [5.74, 6) is -0.828. The zero-order valence-electron chi connectivity index (χ0n) is 36.5. The Morgan fingerprint density at radius 3 is 1.48 bits per heavy atom. The summed E-state index contributed by atoms with van der Waals surface area (Å²) >= 11 is 0. The number of carbonyl (C=O) groups excluding carboxylic acids is 2. The van der Waals surface area contributed by atoms with Crippen LogP contribution in [-0.4, -0.2) is 89.0 Å². The summed E-state index contributed by atoms with van der Waals surface area (Å²) in [4.78, 5) is 25.3. The van der Waals surface area contributed by atoms with Crippen molar-refractivity contribution in [1.29, 1.82) is 0 Å². The highest BCUT2D eigenvalue weighted by atomic mass is 16.7. The van der Waals surface area contributed by atoms with Crippen molar-refractivity contribution < 1.29 is 49.0 Å².